The Morgan fingerprint density at radius 1 is 1.16 bits per heavy atom. The number of fused-ring (bicyclic) bond motifs is 1. The van der Waals surface area contributed by atoms with E-state index in [0.29, 0.717) is 17.7 Å². The summed E-state index contributed by atoms with van der Waals surface area (Å²) in [6.07, 6.45) is 2.92. The molecule has 1 heterocycles. The molecular weight excluding hydrogens is 264 g/mol. The fraction of sp³-hybridized carbons (Fsp3) is 0.429. The molecule has 2 rings (SSSR count). The lowest BCUT2D eigenvalue weighted by molar-refractivity contribution is 0.0643. The molecule has 1 atom stereocenters. The number of imide groups is 1. The molecule has 19 heavy (non-hydrogen) atoms. The van der Waals surface area contributed by atoms with E-state index in [1.54, 1.807) is 24.3 Å². The first-order chi connectivity index (χ1) is 8.65. The van der Waals surface area contributed by atoms with Crippen molar-refractivity contribution in [1.29, 1.82) is 0 Å². The Balaban J connectivity index is 0.00000180. The molecular formula is C14H19ClN2O2. The number of benzene rings is 1. The maximum absolute atomic E-state index is 12.1. The maximum atomic E-state index is 12.1. The van der Waals surface area contributed by atoms with Crippen molar-refractivity contribution in [2.24, 2.45) is 5.73 Å². The highest BCUT2D eigenvalue weighted by molar-refractivity contribution is 6.21. The van der Waals surface area contributed by atoms with Crippen molar-refractivity contribution in [1.82, 2.24) is 4.90 Å². The van der Waals surface area contributed by atoms with Gasteiger partial charge in [-0.3, -0.25) is 14.5 Å². The third kappa shape index (κ3) is 3.14. The van der Waals surface area contributed by atoms with E-state index in [0.717, 1.165) is 19.3 Å². The van der Waals surface area contributed by atoms with Crippen molar-refractivity contribution in [2.45, 2.75) is 32.2 Å². The Labute approximate surface area is 119 Å². The molecule has 0 saturated carbocycles. The van der Waals surface area contributed by atoms with E-state index in [-0.39, 0.29) is 30.3 Å². The van der Waals surface area contributed by atoms with Crippen molar-refractivity contribution in [3.63, 3.8) is 0 Å². The summed E-state index contributed by atoms with van der Waals surface area (Å²) in [5.74, 6) is -0.440. The lowest BCUT2D eigenvalue weighted by Gasteiger charge is -2.18. The molecule has 1 aromatic carbocycles. The van der Waals surface area contributed by atoms with Crippen LogP contribution < -0.4 is 5.73 Å². The van der Waals surface area contributed by atoms with Crippen LogP contribution in [0.5, 0.6) is 0 Å². The third-order valence-electron chi connectivity index (χ3n) is 3.22. The van der Waals surface area contributed by atoms with Crippen molar-refractivity contribution in [3.8, 4) is 0 Å². The number of carbonyl (C=O) groups excluding carboxylic acids is 2. The minimum absolute atomic E-state index is 0. The molecule has 4 nitrogen and oxygen atoms in total. The van der Waals surface area contributed by atoms with Crippen LogP contribution in [-0.2, 0) is 0 Å². The van der Waals surface area contributed by atoms with Crippen molar-refractivity contribution >= 4 is 24.2 Å². The molecule has 0 aliphatic carbocycles. The molecule has 1 aromatic rings. The average Bonchev–Trinajstić information content (AvgIpc) is 2.62. The van der Waals surface area contributed by atoms with Crippen LogP contribution >= 0.6 is 12.4 Å². The second-order valence-electron chi connectivity index (χ2n) is 4.67. The molecule has 2 amide bonds. The van der Waals surface area contributed by atoms with Gasteiger partial charge in [0.15, 0.2) is 0 Å². The number of hydrogen-bond donors (Lipinski definition) is 1. The largest absolute Gasteiger partial charge is 0.326 e. The van der Waals surface area contributed by atoms with Crippen LogP contribution in [-0.4, -0.2) is 29.3 Å². The van der Waals surface area contributed by atoms with Crippen LogP contribution in [0.15, 0.2) is 24.3 Å². The molecule has 104 valence electrons. The van der Waals surface area contributed by atoms with Gasteiger partial charge in [-0.15, -0.1) is 12.4 Å². The fourth-order valence-corrected chi connectivity index (χ4v) is 2.20. The van der Waals surface area contributed by atoms with Crippen LogP contribution in [0.4, 0.5) is 0 Å². The van der Waals surface area contributed by atoms with Crippen LogP contribution in [0.3, 0.4) is 0 Å². The summed E-state index contributed by atoms with van der Waals surface area (Å²) in [7, 11) is 0. The van der Waals surface area contributed by atoms with Crippen LogP contribution in [0.25, 0.3) is 0 Å². The van der Waals surface area contributed by atoms with Gasteiger partial charge in [-0.2, -0.15) is 0 Å². The predicted molar refractivity (Wildman–Crippen MR) is 76.6 cm³/mol. The van der Waals surface area contributed by atoms with Gasteiger partial charge in [0.25, 0.3) is 11.8 Å². The molecule has 0 saturated heterocycles. The van der Waals surface area contributed by atoms with Crippen LogP contribution in [0.1, 0.15) is 46.9 Å². The average molecular weight is 283 g/mol. The van der Waals surface area contributed by atoms with E-state index in [1.807, 2.05) is 0 Å². The van der Waals surface area contributed by atoms with E-state index in [4.69, 9.17) is 5.73 Å². The van der Waals surface area contributed by atoms with E-state index in [2.05, 4.69) is 6.92 Å². The summed E-state index contributed by atoms with van der Waals surface area (Å²) < 4.78 is 0. The fourth-order valence-electron chi connectivity index (χ4n) is 2.20. The van der Waals surface area contributed by atoms with Gasteiger partial charge in [-0.05, 0) is 18.6 Å². The first kappa shape index (κ1) is 15.7. The summed E-state index contributed by atoms with van der Waals surface area (Å²) in [5, 5.41) is 0. The highest BCUT2D eigenvalue weighted by Crippen LogP contribution is 2.22. The Morgan fingerprint density at radius 2 is 1.68 bits per heavy atom. The number of amides is 2. The molecule has 2 N–H and O–H groups in total. The molecule has 0 fully saturated rings. The molecule has 0 bridgehead atoms. The Morgan fingerprint density at radius 3 is 2.16 bits per heavy atom. The molecule has 1 aliphatic heterocycles. The van der Waals surface area contributed by atoms with Crippen LogP contribution in [0, 0.1) is 0 Å². The van der Waals surface area contributed by atoms with Crippen molar-refractivity contribution in [3.05, 3.63) is 35.4 Å². The highest BCUT2D eigenvalue weighted by Gasteiger charge is 2.35. The summed E-state index contributed by atoms with van der Waals surface area (Å²) >= 11 is 0. The third-order valence-corrected chi connectivity index (χ3v) is 3.22. The lowest BCUT2D eigenvalue weighted by atomic mass is 10.1. The SMILES string of the molecule is CCCC[C@@H](N)CN1C(=O)c2ccccc2C1=O.Cl. The van der Waals surface area contributed by atoms with Gasteiger partial charge in [0.05, 0.1) is 11.1 Å². The Kier molecular flexibility index (Phi) is 5.51. The van der Waals surface area contributed by atoms with Gasteiger partial charge in [-0.1, -0.05) is 31.9 Å². The van der Waals surface area contributed by atoms with Gasteiger partial charge >= 0.3 is 0 Å². The summed E-state index contributed by atoms with van der Waals surface area (Å²) in [4.78, 5) is 25.4. The van der Waals surface area contributed by atoms with Gasteiger partial charge in [0.1, 0.15) is 0 Å². The number of hydrogen-bond acceptors (Lipinski definition) is 3. The zero-order valence-electron chi connectivity index (χ0n) is 11.0. The molecule has 0 unspecified atom stereocenters. The quantitative estimate of drug-likeness (QED) is 0.842. The topological polar surface area (TPSA) is 63.4 Å². The van der Waals surface area contributed by atoms with E-state index in [9.17, 15) is 9.59 Å². The zero-order chi connectivity index (χ0) is 13.1. The van der Waals surface area contributed by atoms with Gasteiger partial charge in [0, 0.05) is 12.6 Å². The first-order valence-electron chi connectivity index (χ1n) is 6.36. The van der Waals surface area contributed by atoms with Crippen molar-refractivity contribution in [2.75, 3.05) is 6.54 Å². The number of halogens is 1. The smallest absolute Gasteiger partial charge is 0.261 e. The Bertz CT molecular complexity index is 441. The monoisotopic (exact) mass is 282 g/mol. The minimum Gasteiger partial charge on any atom is -0.326 e. The standard InChI is InChI=1S/C14H18N2O2.ClH/c1-2-3-6-10(15)9-16-13(17)11-7-4-5-8-12(11)14(16)18;/h4-5,7-8,10H,2-3,6,9,15H2,1H3;1H/t10-;/m1./s1. The number of nitrogens with zero attached hydrogens (tertiary/aromatic N) is 1. The second-order valence-corrected chi connectivity index (χ2v) is 4.67. The summed E-state index contributed by atoms with van der Waals surface area (Å²) in [6, 6.07) is 6.78. The predicted octanol–water partition coefficient (Wildman–Crippen LogP) is 2.22. The second kappa shape index (κ2) is 6.68. The highest BCUT2D eigenvalue weighted by atomic mass is 35.5. The van der Waals surface area contributed by atoms with Gasteiger partial charge in [0.2, 0.25) is 0 Å². The molecule has 5 heteroatoms. The van der Waals surface area contributed by atoms with Crippen molar-refractivity contribution < 1.29 is 9.59 Å². The number of nitrogens with two attached hydrogens (primary N) is 1. The van der Waals surface area contributed by atoms with Crippen LogP contribution in [0.2, 0.25) is 0 Å². The normalized spacial score (nSPS) is 15.2. The maximum Gasteiger partial charge on any atom is 0.261 e. The minimum atomic E-state index is -0.220. The molecule has 0 spiro atoms. The first-order valence-corrected chi connectivity index (χ1v) is 6.36. The molecule has 1 aliphatic rings. The molecule has 0 aromatic heterocycles. The van der Waals surface area contributed by atoms with Gasteiger partial charge in [-0.25, -0.2) is 0 Å². The summed E-state index contributed by atoms with van der Waals surface area (Å²) in [5.41, 5.74) is 6.93. The molecule has 0 radical (unpaired) electrons. The number of rotatable bonds is 5. The van der Waals surface area contributed by atoms with E-state index < -0.39 is 0 Å². The van der Waals surface area contributed by atoms with E-state index in [1.165, 1.54) is 4.90 Å². The number of carbonyl (C=O) groups is 2. The Hall–Kier alpha value is -1.39. The van der Waals surface area contributed by atoms with Gasteiger partial charge < -0.3 is 5.73 Å². The summed E-state index contributed by atoms with van der Waals surface area (Å²) in [6.45, 7) is 2.40. The van der Waals surface area contributed by atoms with E-state index >= 15 is 0 Å². The lowest BCUT2D eigenvalue weighted by Crippen LogP contribution is -2.40. The number of unbranched alkanes of at least 4 members (excludes halogenated alkanes) is 1. The zero-order valence-corrected chi connectivity index (χ0v) is 11.8.